The minimum absolute atomic E-state index is 0.787. The fraction of sp³-hybridized carbons (Fsp3) is 0.600. The van der Waals surface area contributed by atoms with Crippen molar-refractivity contribution in [2.75, 3.05) is 24.5 Å². The van der Waals surface area contributed by atoms with Gasteiger partial charge in [0.25, 0.3) is 0 Å². The van der Waals surface area contributed by atoms with E-state index in [1.807, 2.05) is 0 Å². The zero-order valence-corrected chi connectivity index (χ0v) is 11.1. The second-order valence-corrected chi connectivity index (χ2v) is 5.38. The molecule has 0 radical (unpaired) electrons. The number of hydrogen-bond donors (Lipinski definition) is 1. The molecule has 2 heteroatoms. The third-order valence-electron chi connectivity index (χ3n) is 3.67. The van der Waals surface area contributed by atoms with Crippen molar-refractivity contribution < 1.29 is 0 Å². The Bertz CT molecular complexity index is 351. The molecule has 1 aromatic carbocycles. The van der Waals surface area contributed by atoms with Crippen LogP contribution in [-0.2, 0) is 0 Å². The molecule has 2 nitrogen and oxygen atoms in total. The number of anilines is 1. The van der Waals surface area contributed by atoms with E-state index >= 15 is 0 Å². The lowest BCUT2D eigenvalue weighted by atomic mass is 9.94. The number of aryl methyl sites for hydroxylation is 2. The van der Waals surface area contributed by atoms with Crippen LogP contribution in [0.2, 0.25) is 0 Å². The fourth-order valence-electron chi connectivity index (χ4n) is 2.90. The summed E-state index contributed by atoms with van der Waals surface area (Å²) in [4.78, 5) is 2.53. The van der Waals surface area contributed by atoms with Crippen molar-refractivity contribution in [2.45, 2.75) is 33.1 Å². The highest BCUT2D eigenvalue weighted by Crippen LogP contribution is 2.26. The van der Waals surface area contributed by atoms with Gasteiger partial charge in [-0.2, -0.15) is 0 Å². The molecule has 1 atom stereocenters. The summed E-state index contributed by atoms with van der Waals surface area (Å²) in [5, 5.41) is 0. The molecule has 1 aromatic rings. The van der Waals surface area contributed by atoms with Crippen LogP contribution >= 0.6 is 0 Å². The topological polar surface area (TPSA) is 29.3 Å². The first-order chi connectivity index (χ1) is 8.19. The van der Waals surface area contributed by atoms with Gasteiger partial charge in [0.05, 0.1) is 0 Å². The highest BCUT2D eigenvalue weighted by atomic mass is 15.1. The maximum atomic E-state index is 5.67. The molecule has 1 fully saturated rings. The highest BCUT2D eigenvalue weighted by molar-refractivity contribution is 5.51. The van der Waals surface area contributed by atoms with E-state index in [1.54, 1.807) is 0 Å². The Labute approximate surface area is 105 Å². The summed E-state index contributed by atoms with van der Waals surface area (Å²) < 4.78 is 0. The van der Waals surface area contributed by atoms with Crippen molar-refractivity contribution >= 4 is 5.69 Å². The number of hydrogen-bond acceptors (Lipinski definition) is 2. The second-order valence-electron chi connectivity index (χ2n) is 5.38. The summed E-state index contributed by atoms with van der Waals surface area (Å²) in [5.41, 5.74) is 9.79. The quantitative estimate of drug-likeness (QED) is 0.868. The van der Waals surface area contributed by atoms with Crippen LogP contribution in [0.3, 0.4) is 0 Å². The van der Waals surface area contributed by atoms with Gasteiger partial charge in [-0.1, -0.05) is 6.07 Å². The third kappa shape index (κ3) is 3.22. The SMILES string of the molecule is Cc1cc(C)cc(N2CCCC(CCN)C2)c1. The van der Waals surface area contributed by atoms with Gasteiger partial charge in [0, 0.05) is 18.8 Å². The molecule has 0 spiro atoms. The Morgan fingerprint density at radius 3 is 2.59 bits per heavy atom. The normalized spacial score (nSPS) is 20.6. The van der Waals surface area contributed by atoms with Crippen LogP contribution < -0.4 is 10.6 Å². The van der Waals surface area contributed by atoms with Gasteiger partial charge in [-0.3, -0.25) is 0 Å². The summed E-state index contributed by atoms with van der Waals surface area (Å²) in [5.74, 6) is 0.787. The van der Waals surface area contributed by atoms with Crippen molar-refractivity contribution in [1.29, 1.82) is 0 Å². The first-order valence-corrected chi connectivity index (χ1v) is 6.72. The number of rotatable bonds is 3. The van der Waals surface area contributed by atoms with Gasteiger partial charge in [0.1, 0.15) is 0 Å². The minimum Gasteiger partial charge on any atom is -0.371 e. The Kier molecular flexibility index (Phi) is 4.06. The molecule has 0 bridgehead atoms. The van der Waals surface area contributed by atoms with Crippen LogP contribution in [-0.4, -0.2) is 19.6 Å². The molecule has 1 saturated heterocycles. The molecule has 1 aliphatic heterocycles. The maximum absolute atomic E-state index is 5.67. The molecule has 1 unspecified atom stereocenters. The van der Waals surface area contributed by atoms with Gasteiger partial charge < -0.3 is 10.6 Å². The van der Waals surface area contributed by atoms with Crippen molar-refractivity contribution in [3.8, 4) is 0 Å². The van der Waals surface area contributed by atoms with Crippen LogP contribution in [0, 0.1) is 19.8 Å². The zero-order valence-electron chi connectivity index (χ0n) is 11.1. The summed E-state index contributed by atoms with van der Waals surface area (Å²) in [6.45, 7) is 7.56. The van der Waals surface area contributed by atoms with Crippen molar-refractivity contribution in [3.63, 3.8) is 0 Å². The van der Waals surface area contributed by atoms with Crippen LogP contribution in [0.25, 0.3) is 0 Å². The fourth-order valence-corrected chi connectivity index (χ4v) is 2.90. The lowest BCUT2D eigenvalue weighted by Gasteiger charge is -2.34. The molecule has 0 aliphatic carbocycles. The smallest absolute Gasteiger partial charge is 0.0371 e. The van der Waals surface area contributed by atoms with E-state index in [1.165, 1.54) is 49.2 Å². The molecule has 0 saturated carbocycles. The predicted molar refractivity (Wildman–Crippen MR) is 74.5 cm³/mol. The van der Waals surface area contributed by atoms with Crippen LogP contribution in [0.1, 0.15) is 30.4 Å². The van der Waals surface area contributed by atoms with E-state index in [0.717, 1.165) is 12.5 Å². The standard InChI is InChI=1S/C15H24N2/c1-12-8-13(2)10-15(9-12)17-7-3-4-14(11-17)5-6-16/h8-10,14H,3-7,11,16H2,1-2H3. The average Bonchev–Trinajstić information content (AvgIpc) is 2.28. The average molecular weight is 232 g/mol. The largest absolute Gasteiger partial charge is 0.371 e. The predicted octanol–water partition coefficient (Wildman–Crippen LogP) is 2.87. The monoisotopic (exact) mass is 232 g/mol. The molecule has 2 N–H and O–H groups in total. The Hall–Kier alpha value is -1.02. The lowest BCUT2D eigenvalue weighted by molar-refractivity contribution is 0.396. The summed E-state index contributed by atoms with van der Waals surface area (Å²) >= 11 is 0. The van der Waals surface area contributed by atoms with Gasteiger partial charge in [-0.25, -0.2) is 0 Å². The third-order valence-corrected chi connectivity index (χ3v) is 3.67. The van der Waals surface area contributed by atoms with E-state index in [9.17, 15) is 0 Å². The number of benzene rings is 1. The first kappa shape index (κ1) is 12.4. The molecule has 0 amide bonds. The Morgan fingerprint density at radius 2 is 1.94 bits per heavy atom. The van der Waals surface area contributed by atoms with Crippen LogP contribution in [0.15, 0.2) is 18.2 Å². The molecule has 1 aliphatic rings. The lowest BCUT2D eigenvalue weighted by Crippen LogP contribution is -2.36. The summed E-state index contributed by atoms with van der Waals surface area (Å²) in [7, 11) is 0. The van der Waals surface area contributed by atoms with E-state index in [0.29, 0.717) is 0 Å². The molecule has 17 heavy (non-hydrogen) atoms. The van der Waals surface area contributed by atoms with E-state index < -0.39 is 0 Å². The highest BCUT2D eigenvalue weighted by Gasteiger charge is 2.19. The van der Waals surface area contributed by atoms with Crippen LogP contribution in [0.4, 0.5) is 5.69 Å². The Morgan fingerprint density at radius 1 is 1.24 bits per heavy atom. The van der Waals surface area contributed by atoms with Gasteiger partial charge in [0.15, 0.2) is 0 Å². The molecular formula is C15H24N2. The van der Waals surface area contributed by atoms with Gasteiger partial charge in [-0.15, -0.1) is 0 Å². The number of piperidine rings is 1. The maximum Gasteiger partial charge on any atom is 0.0371 e. The van der Waals surface area contributed by atoms with Crippen molar-refractivity contribution in [1.82, 2.24) is 0 Å². The number of nitrogens with two attached hydrogens (primary N) is 1. The number of nitrogens with zero attached hydrogens (tertiary/aromatic N) is 1. The van der Waals surface area contributed by atoms with Gasteiger partial charge >= 0.3 is 0 Å². The molecule has 0 aromatic heterocycles. The van der Waals surface area contributed by atoms with E-state index in [2.05, 4.69) is 36.9 Å². The molecular weight excluding hydrogens is 208 g/mol. The minimum atomic E-state index is 0.787. The Balaban J connectivity index is 2.10. The first-order valence-electron chi connectivity index (χ1n) is 6.72. The second kappa shape index (κ2) is 5.54. The van der Waals surface area contributed by atoms with Crippen molar-refractivity contribution in [3.05, 3.63) is 29.3 Å². The summed E-state index contributed by atoms with van der Waals surface area (Å²) in [6.07, 6.45) is 3.82. The van der Waals surface area contributed by atoms with Crippen LogP contribution in [0.5, 0.6) is 0 Å². The van der Waals surface area contributed by atoms with Crippen molar-refractivity contribution in [2.24, 2.45) is 11.7 Å². The van der Waals surface area contributed by atoms with E-state index in [-0.39, 0.29) is 0 Å². The summed E-state index contributed by atoms with van der Waals surface area (Å²) in [6, 6.07) is 6.85. The molecule has 94 valence electrons. The van der Waals surface area contributed by atoms with E-state index in [4.69, 9.17) is 5.73 Å². The van der Waals surface area contributed by atoms with Gasteiger partial charge in [0.2, 0.25) is 0 Å². The molecule has 2 rings (SSSR count). The van der Waals surface area contributed by atoms with Gasteiger partial charge in [-0.05, 0) is 68.8 Å². The molecule has 1 heterocycles. The zero-order chi connectivity index (χ0) is 12.3.